The van der Waals surface area contributed by atoms with Crippen LogP contribution in [0.5, 0.6) is 0 Å². The molecule has 1 N–H and O–H groups in total. The maximum Gasteiger partial charge on any atom is 0.326 e. The zero-order chi connectivity index (χ0) is 14.6. The first kappa shape index (κ1) is 16.4. The number of aliphatic carboxylic acids is 1. The van der Waals surface area contributed by atoms with Gasteiger partial charge in [0.1, 0.15) is 6.04 Å². The minimum absolute atomic E-state index is 0.0298. The van der Waals surface area contributed by atoms with Gasteiger partial charge in [0, 0.05) is 30.4 Å². The van der Waals surface area contributed by atoms with Crippen LogP contribution in [0.15, 0.2) is 0 Å². The van der Waals surface area contributed by atoms with Gasteiger partial charge in [-0.15, -0.1) is 0 Å². The van der Waals surface area contributed by atoms with Crippen LogP contribution in [0.2, 0.25) is 0 Å². The topological polar surface area (TPSA) is 74.7 Å². The van der Waals surface area contributed by atoms with Crippen molar-refractivity contribution in [1.82, 2.24) is 4.90 Å². The van der Waals surface area contributed by atoms with E-state index in [1.165, 1.54) is 11.8 Å². The maximum absolute atomic E-state index is 12.3. The van der Waals surface area contributed by atoms with E-state index in [1.54, 1.807) is 18.7 Å². The molecule has 5 nitrogen and oxygen atoms in total. The summed E-state index contributed by atoms with van der Waals surface area (Å²) in [5.41, 5.74) is 0. The zero-order valence-corrected chi connectivity index (χ0v) is 12.9. The van der Waals surface area contributed by atoms with Crippen molar-refractivity contribution in [2.75, 3.05) is 18.6 Å². The van der Waals surface area contributed by atoms with Crippen molar-refractivity contribution in [3.63, 3.8) is 0 Å². The van der Waals surface area contributed by atoms with Gasteiger partial charge in [0.15, 0.2) is 5.12 Å². The van der Waals surface area contributed by atoms with Crippen molar-refractivity contribution in [2.24, 2.45) is 5.92 Å². The van der Waals surface area contributed by atoms with E-state index in [9.17, 15) is 19.5 Å². The second kappa shape index (κ2) is 7.19. The van der Waals surface area contributed by atoms with Crippen LogP contribution in [0.1, 0.15) is 20.3 Å². The smallest absolute Gasteiger partial charge is 0.326 e. The fraction of sp³-hybridized carbons (Fsp3) is 0.750. The molecule has 1 rings (SSSR count). The lowest BCUT2D eigenvalue weighted by Crippen LogP contribution is -2.43. The lowest BCUT2D eigenvalue weighted by Gasteiger charge is -2.24. The van der Waals surface area contributed by atoms with E-state index < -0.39 is 12.0 Å². The van der Waals surface area contributed by atoms with Crippen molar-refractivity contribution in [2.45, 2.75) is 31.6 Å². The molecular weight excluding hydrogens is 286 g/mol. The largest absolute Gasteiger partial charge is 0.480 e. The van der Waals surface area contributed by atoms with Gasteiger partial charge in [0.25, 0.3) is 0 Å². The highest BCUT2D eigenvalue weighted by Gasteiger charge is 2.40. The van der Waals surface area contributed by atoms with Crippen LogP contribution in [0.3, 0.4) is 0 Å². The minimum atomic E-state index is -0.948. The Labute approximate surface area is 121 Å². The van der Waals surface area contributed by atoms with Gasteiger partial charge in [-0.1, -0.05) is 18.7 Å². The molecule has 1 aliphatic rings. The number of hydrogen-bond acceptors (Lipinski definition) is 5. The summed E-state index contributed by atoms with van der Waals surface area (Å²) in [6, 6.07) is -0.727. The third kappa shape index (κ3) is 4.42. The van der Waals surface area contributed by atoms with Gasteiger partial charge < -0.3 is 10.0 Å². The zero-order valence-electron chi connectivity index (χ0n) is 11.3. The molecule has 108 valence electrons. The van der Waals surface area contributed by atoms with Gasteiger partial charge in [0.2, 0.25) is 5.91 Å². The van der Waals surface area contributed by atoms with Crippen molar-refractivity contribution >= 4 is 40.5 Å². The van der Waals surface area contributed by atoms with E-state index in [4.69, 9.17) is 0 Å². The van der Waals surface area contributed by atoms with Gasteiger partial charge in [-0.3, -0.25) is 9.59 Å². The predicted molar refractivity (Wildman–Crippen MR) is 77.4 cm³/mol. The number of rotatable bonds is 5. The second-order valence-corrected chi connectivity index (χ2v) is 6.98. The highest BCUT2D eigenvalue weighted by molar-refractivity contribution is 8.13. The van der Waals surface area contributed by atoms with Gasteiger partial charge in [-0.2, -0.15) is 11.8 Å². The van der Waals surface area contributed by atoms with Gasteiger partial charge in [0.05, 0.1) is 0 Å². The molecule has 1 saturated heterocycles. The number of thioether (sulfide) groups is 2. The van der Waals surface area contributed by atoms with Crippen molar-refractivity contribution in [3.05, 3.63) is 0 Å². The predicted octanol–water partition coefficient (Wildman–Crippen LogP) is 1.32. The molecule has 0 radical (unpaired) electrons. The molecule has 0 saturated carbocycles. The molecule has 0 spiro atoms. The second-order valence-electron chi connectivity index (χ2n) is 4.64. The summed E-state index contributed by atoms with van der Waals surface area (Å²) in [5, 5.41) is 9.33. The Balaban J connectivity index is 2.67. The van der Waals surface area contributed by atoms with Crippen LogP contribution in [0.4, 0.5) is 0 Å². The monoisotopic (exact) mass is 305 g/mol. The van der Waals surface area contributed by atoms with E-state index in [-0.39, 0.29) is 22.2 Å². The Kier molecular flexibility index (Phi) is 6.19. The maximum atomic E-state index is 12.3. The molecule has 7 heteroatoms. The molecule has 0 aromatic carbocycles. The molecule has 1 aliphatic heterocycles. The third-order valence-corrected chi connectivity index (χ3v) is 5.20. The number of carbonyl (C=O) groups is 3. The molecule has 0 aliphatic carbocycles. The summed E-state index contributed by atoms with van der Waals surface area (Å²) in [6.45, 7) is 3.68. The molecule has 3 atom stereocenters. The first-order valence-corrected chi connectivity index (χ1v) is 8.33. The molecule has 1 amide bonds. The number of hydrogen-bond donors (Lipinski definition) is 1. The summed E-state index contributed by atoms with van der Waals surface area (Å²) in [5.74, 6) is -1.05. The van der Waals surface area contributed by atoms with Crippen LogP contribution >= 0.6 is 23.5 Å². The highest BCUT2D eigenvalue weighted by Crippen LogP contribution is 2.28. The van der Waals surface area contributed by atoms with Crippen LogP contribution < -0.4 is 0 Å². The van der Waals surface area contributed by atoms with Crippen LogP contribution in [0, 0.1) is 5.92 Å². The van der Waals surface area contributed by atoms with E-state index in [1.807, 2.05) is 6.26 Å². The normalized spacial score (nSPS) is 24.3. The summed E-state index contributed by atoms with van der Waals surface area (Å²) in [4.78, 5) is 35.8. The van der Waals surface area contributed by atoms with Gasteiger partial charge in [-0.25, -0.2) is 4.79 Å². The average Bonchev–Trinajstić information content (AvgIpc) is 2.79. The van der Waals surface area contributed by atoms with Gasteiger partial charge >= 0.3 is 5.97 Å². The summed E-state index contributed by atoms with van der Waals surface area (Å²) in [7, 11) is 0. The van der Waals surface area contributed by atoms with E-state index in [0.717, 1.165) is 11.8 Å². The molecule has 0 aromatic rings. The molecule has 0 bridgehead atoms. The number of carboxylic acids is 1. The molecule has 19 heavy (non-hydrogen) atoms. The summed E-state index contributed by atoms with van der Waals surface area (Å²) in [6.07, 6.45) is 2.42. The molecule has 0 aromatic heterocycles. The Morgan fingerprint density at radius 3 is 2.53 bits per heavy atom. The molecule has 1 heterocycles. The average molecular weight is 305 g/mol. The number of carbonyl (C=O) groups excluding carboxylic acids is 2. The lowest BCUT2D eigenvalue weighted by molar-refractivity contribution is -0.149. The number of amides is 1. The van der Waals surface area contributed by atoms with Crippen molar-refractivity contribution in [3.8, 4) is 0 Å². The van der Waals surface area contributed by atoms with Gasteiger partial charge in [-0.05, 0) is 12.7 Å². The van der Waals surface area contributed by atoms with Crippen LogP contribution in [-0.2, 0) is 14.4 Å². The van der Waals surface area contributed by atoms with E-state index in [0.29, 0.717) is 18.7 Å². The third-order valence-electron chi connectivity index (χ3n) is 3.12. The number of likely N-dealkylation sites (tertiary alicyclic amines) is 1. The lowest BCUT2D eigenvalue weighted by atomic mass is 10.1. The fourth-order valence-corrected chi connectivity index (χ4v) is 3.35. The summed E-state index contributed by atoms with van der Waals surface area (Å²) >= 11 is 2.69. The molecular formula is C12H19NO4S2. The Morgan fingerprint density at radius 1 is 1.42 bits per heavy atom. The first-order chi connectivity index (χ1) is 8.86. The van der Waals surface area contributed by atoms with Crippen LogP contribution in [-0.4, -0.2) is 56.8 Å². The van der Waals surface area contributed by atoms with Crippen LogP contribution in [0.25, 0.3) is 0 Å². The number of carboxylic acid groups (broad SMARTS) is 1. The van der Waals surface area contributed by atoms with Crippen molar-refractivity contribution in [1.29, 1.82) is 0 Å². The Hall–Kier alpha value is -0.690. The standard InChI is InChI=1S/C12H19NO4S2/c1-7(6-19-8(2)14)11(15)13-5-9(18-3)4-10(13)12(16)17/h7,9-10H,4-6H2,1-3H3,(H,16,17)/t7?,9-,10+/m1/s1. The quantitative estimate of drug-likeness (QED) is 0.825. The minimum Gasteiger partial charge on any atom is -0.480 e. The van der Waals surface area contributed by atoms with E-state index in [2.05, 4.69) is 0 Å². The van der Waals surface area contributed by atoms with E-state index >= 15 is 0 Å². The fourth-order valence-electron chi connectivity index (χ4n) is 2.04. The Bertz CT molecular complexity index is 375. The Morgan fingerprint density at radius 2 is 2.05 bits per heavy atom. The summed E-state index contributed by atoms with van der Waals surface area (Å²) < 4.78 is 0. The number of nitrogens with zero attached hydrogens (tertiary/aromatic N) is 1. The van der Waals surface area contributed by atoms with Crippen molar-refractivity contribution < 1.29 is 19.5 Å². The molecule has 1 unspecified atom stereocenters. The first-order valence-electron chi connectivity index (χ1n) is 6.06. The SMILES string of the molecule is CS[C@@H]1C[C@@H](C(=O)O)N(C(=O)C(C)CSC(C)=O)C1. The molecule has 1 fully saturated rings. The highest BCUT2D eigenvalue weighted by atomic mass is 32.2.